The van der Waals surface area contributed by atoms with Crippen LogP contribution < -0.4 is 9.47 Å². The van der Waals surface area contributed by atoms with Crippen molar-refractivity contribution >= 4 is 0 Å². The van der Waals surface area contributed by atoms with E-state index in [2.05, 4.69) is 0 Å². The van der Waals surface area contributed by atoms with E-state index in [9.17, 15) is 4.39 Å². The van der Waals surface area contributed by atoms with Gasteiger partial charge in [-0.2, -0.15) is 5.26 Å². The number of hydrogen-bond donors (Lipinski definition) is 0. The largest absolute Gasteiger partial charge is 0.495 e. The molecule has 4 heteroatoms. The smallest absolute Gasteiger partial charge is 0.137 e. The molecule has 0 spiro atoms. The number of methoxy groups -OCH3 is 1. The monoisotopic (exact) mass is 271 g/mol. The van der Waals surface area contributed by atoms with E-state index < -0.39 is 0 Å². The molecular weight excluding hydrogens is 257 g/mol. The average Bonchev–Trinajstić information content (AvgIpc) is 2.47. The van der Waals surface area contributed by atoms with Crippen LogP contribution in [-0.4, -0.2) is 7.11 Å². The summed E-state index contributed by atoms with van der Waals surface area (Å²) in [6, 6.07) is 11.7. The molecule has 0 aliphatic rings. The van der Waals surface area contributed by atoms with Crippen LogP contribution in [0.3, 0.4) is 0 Å². The molecule has 0 bridgehead atoms. The zero-order valence-corrected chi connectivity index (χ0v) is 11.3. The van der Waals surface area contributed by atoms with Gasteiger partial charge in [-0.1, -0.05) is 12.1 Å². The van der Waals surface area contributed by atoms with E-state index in [0.717, 1.165) is 11.1 Å². The molecular formula is C16H14FNO2. The molecule has 0 saturated heterocycles. The summed E-state index contributed by atoms with van der Waals surface area (Å²) in [6.07, 6.45) is 0. The number of ether oxygens (including phenoxy) is 2. The van der Waals surface area contributed by atoms with Gasteiger partial charge in [0.1, 0.15) is 30.0 Å². The van der Waals surface area contributed by atoms with Gasteiger partial charge in [-0.15, -0.1) is 0 Å². The Bertz CT molecular complexity index is 662. The van der Waals surface area contributed by atoms with Crippen molar-refractivity contribution in [3.8, 4) is 17.6 Å². The first-order valence-electron chi connectivity index (χ1n) is 6.10. The molecule has 20 heavy (non-hydrogen) atoms. The maximum absolute atomic E-state index is 13.2. The Morgan fingerprint density at radius 3 is 2.65 bits per heavy atom. The summed E-state index contributed by atoms with van der Waals surface area (Å²) in [5.74, 6) is 0.681. The highest BCUT2D eigenvalue weighted by Crippen LogP contribution is 2.23. The number of nitriles is 1. The molecule has 0 aromatic heterocycles. The predicted molar refractivity (Wildman–Crippen MR) is 73.2 cm³/mol. The summed E-state index contributed by atoms with van der Waals surface area (Å²) >= 11 is 0. The zero-order chi connectivity index (χ0) is 14.5. The fourth-order valence-electron chi connectivity index (χ4n) is 1.81. The van der Waals surface area contributed by atoms with Crippen LogP contribution in [0.5, 0.6) is 11.5 Å². The molecule has 0 radical (unpaired) electrons. The minimum atomic E-state index is -0.331. The van der Waals surface area contributed by atoms with E-state index in [4.69, 9.17) is 14.7 Å². The molecule has 2 aromatic rings. The summed E-state index contributed by atoms with van der Waals surface area (Å²) in [6.45, 7) is 2.14. The van der Waals surface area contributed by atoms with Crippen molar-refractivity contribution in [1.82, 2.24) is 0 Å². The maximum atomic E-state index is 13.2. The van der Waals surface area contributed by atoms with Crippen LogP contribution in [0.25, 0.3) is 0 Å². The first kappa shape index (κ1) is 13.9. The molecule has 3 nitrogen and oxygen atoms in total. The SMILES string of the molecule is COc1cc(COc2cc(F)ccc2C)ccc1C#N. The number of nitrogens with zero attached hydrogens (tertiary/aromatic N) is 1. The lowest BCUT2D eigenvalue weighted by molar-refractivity contribution is 0.301. The molecule has 0 fully saturated rings. The van der Waals surface area contributed by atoms with E-state index in [1.54, 1.807) is 24.3 Å². The van der Waals surface area contributed by atoms with Crippen molar-refractivity contribution in [2.75, 3.05) is 7.11 Å². The Labute approximate surface area is 117 Å². The van der Waals surface area contributed by atoms with Gasteiger partial charge in [0, 0.05) is 6.07 Å². The fraction of sp³-hybridized carbons (Fsp3) is 0.188. The number of rotatable bonds is 4. The Morgan fingerprint density at radius 1 is 1.15 bits per heavy atom. The van der Waals surface area contributed by atoms with Gasteiger partial charge in [-0.3, -0.25) is 0 Å². The van der Waals surface area contributed by atoms with Crippen molar-refractivity contribution in [3.05, 3.63) is 58.9 Å². The predicted octanol–water partition coefficient (Wildman–Crippen LogP) is 3.59. The van der Waals surface area contributed by atoms with Crippen molar-refractivity contribution in [2.45, 2.75) is 13.5 Å². The first-order valence-corrected chi connectivity index (χ1v) is 6.10. The Morgan fingerprint density at radius 2 is 1.95 bits per heavy atom. The van der Waals surface area contributed by atoms with Crippen molar-refractivity contribution in [1.29, 1.82) is 5.26 Å². The number of aryl methyl sites for hydroxylation is 1. The van der Waals surface area contributed by atoms with Gasteiger partial charge in [0.15, 0.2) is 0 Å². The minimum Gasteiger partial charge on any atom is -0.495 e. The number of hydrogen-bond acceptors (Lipinski definition) is 3. The van der Waals surface area contributed by atoms with Gasteiger partial charge in [0.05, 0.1) is 12.7 Å². The molecule has 0 N–H and O–H groups in total. The van der Waals surface area contributed by atoms with Crippen LogP contribution in [0.15, 0.2) is 36.4 Å². The summed E-state index contributed by atoms with van der Waals surface area (Å²) in [5, 5.41) is 8.91. The summed E-state index contributed by atoms with van der Waals surface area (Å²) in [5.41, 5.74) is 2.19. The van der Waals surface area contributed by atoms with Gasteiger partial charge in [0.2, 0.25) is 0 Å². The minimum absolute atomic E-state index is 0.284. The molecule has 0 saturated carbocycles. The topological polar surface area (TPSA) is 42.2 Å². The average molecular weight is 271 g/mol. The van der Waals surface area contributed by atoms with Crippen molar-refractivity contribution < 1.29 is 13.9 Å². The Balaban J connectivity index is 2.15. The quantitative estimate of drug-likeness (QED) is 0.853. The highest BCUT2D eigenvalue weighted by molar-refractivity contribution is 5.45. The van der Waals surface area contributed by atoms with Crippen LogP contribution in [0.2, 0.25) is 0 Å². The zero-order valence-electron chi connectivity index (χ0n) is 11.3. The molecule has 0 aliphatic carbocycles. The lowest BCUT2D eigenvalue weighted by atomic mass is 10.1. The maximum Gasteiger partial charge on any atom is 0.137 e. The normalized spacial score (nSPS) is 9.90. The van der Waals surface area contributed by atoms with Gasteiger partial charge in [-0.05, 0) is 36.2 Å². The van der Waals surface area contributed by atoms with E-state index in [0.29, 0.717) is 17.1 Å². The van der Waals surface area contributed by atoms with Gasteiger partial charge in [-0.25, -0.2) is 4.39 Å². The second-order valence-electron chi connectivity index (χ2n) is 4.34. The van der Waals surface area contributed by atoms with Crippen molar-refractivity contribution in [3.63, 3.8) is 0 Å². The lowest BCUT2D eigenvalue weighted by Gasteiger charge is -2.10. The van der Waals surface area contributed by atoms with Crippen LogP contribution >= 0.6 is 0 Å². The van der Waals surface area contributed by atoms with Gasteiger partial charge < -0.3 is 9.47 Å². The van der Waals surface area contributed by atoms with Crippen LogP contribution in [-0.2, 0) is 6.61 Å². The van der Waals surface area contributed by atoms with E-state index in [1.165, 1.54) is 19.2 Å². The standard InChI is InChI=1S/C16H14FNO2/c1-11-3-6-14(17)8-15(11)20-10-12-4-5-13(9-18)16(7-12)19-2/h3-8H,10H2,1-2H3. The number of halogens is 1. The van der Waals surface area contributed by atoms with Crippen molar-refractivity contribution in [2.24, 2.45) is 0 Å². The molecule has 0 unspecified atom stereocenters. The van der Waals surface area contributed by atoms with Crippen LogP contribution in [0, 0.1) is 24.1 Å². The third kappa shape index (κ3) is 3.07. The van der Waals surface area contributed by atoms with E-state index >= 15 is 0 Å². The summed E-state index contributed by atoms with van der Waals surface area (Å²) in [4.78, 5) is 0. The molecule has 0 atom stereocenters. The van der Waals surface area contributed by atoms with Gasteiger partial charge in [0.25, 0.3) is 0 Å². The summed E-state index contributed by atoms with van der Waals surface area (Å²) < 4.78 is 23.9. The number of benzene rings is 2. The molecule has 0 heterocycles. The molecule has 2 rings (SSSR count). The Kier molecular flexibility index (Phi) is 4.21. The molecule has 0 amide bonds. The second-order valence-corrected chi connectivity index (χ2v) is 4.34. The second kappa shape index (κ2) is 6.07. The summed E-state index contributed by atoms with van der Waals surface area (Å²) in [7, 11) is 1.51. The molecule has 0 aliphatic heterocycles. The van der Waals surface area contributed by atoms with E-state index in [-0.39, 0.29) is 12.4 Å². The first-order chi connectivity index (χ1) is 9.63. The Hall–Kier alpha value is -2.54. The highest BCUT2D eigenvalue weighted by atomic mass is 19.1. The van der Waals surface area contributed by atoms with Gasteiger partial charge >= 0.3 is 0 Å². The lowest BCUT2D eigenvalue weighted by Crippen LogP contribution is -1.99. The van der Waals surface area contributed by atoms with E-state index in [1.807, 2.05) is 13.0 Å². The highest BCUT2D eigenvalue weighted by Gasteiger charge is 2.06. The van der Waals surface area contributed by atoms with Crippen LogP contribution in [0.1, 0.15) is 16.7 Å². The third-order valence-corrected chi connectivity index (χ3v) is 2.93. The van der Waals surface area contributed by atoms with Crippen LogP contribution in [0.4, 0.5) is 4.39 Å². The molecule has 2 aromatic carbocycles. The fourth-order valence-corrected chi connectivity index (χ4v) is 1.81. The molecule has 102 valence electrons. The third-order valence-electron chi connectivity index (χ3n) is 2.93.